The number of furan rings is 1. The number of benzene rings is 7. The van der Waals surface area contributed by atoms with Crippen molar-refractivity contribution in [2.45, 2.75) is 6.42 Å². The first-order valence-electron chi connectivity index (χ1n) is 17.9. The van der Waals surface area contributed by atoms with Crippen molar-refractivity contribution in [2.24, 2.45) is 0 Å². The lowest BCUT2D eigenvalue weighted by molar-refractivity contribution is 0.603. The van der Waals surface area contributed by atoms with E-state index in [9.17, 15) is 0 Å². The minimum Gasteiger partial charge on any atom is -0.456 e. The molecule has 3 heteroatoms. The summed E-state index contributed by atoms with van der Waals surface area (Å²) in [7, 11) is 0. The van der Waals surface area contributed by atoms with E-state index >= 15 is 0 Å². The van der Waals surface area contributed by atoms with E-state index in [1.807, 2.05) is 0 Å². The normalized spacial score (nSPS) is 12.8. The Morgan fingerprint density at radius 2 is 1.04 bits per heavy atom. The highest BCUT2D eigenvalue weighted by Gasteiger charge is 2.19. The van der Waals surface area contributed by atoms with Crippen molar-refractivity contribution < 1.29 is 4.42 Å². The molecule has 0 amide bonds. The largest absolute Gasteiger partial charge is 0.456 e. The zero-order chi connectivity index (χ0) is 34.2. The molecule has 0 radical (unpaired) electrons. The van der Waals surface area contributed by atoms with Gasteiger partial charge in [-0.25, -0.2) is 0 Å². The zero-order valence-electron chi connectivity index (χ0n) is 28.3. The summed E-state index contributed by atoms with van der Waals surface area (Å²) < 4.78 is 11.2. The molecule has 52 heavy (non-hydrogen) atoms. The average Bonchev–Trinajstić information content (AvgIpc) is 3.77. The monoisotopic (exact) mass is 664 g/mol. The number of nitrogens with zero attached hydrogens (tertiary/aromatic N) is 2. The molecule has 0 N–H and O–H groups in total. The van der Waals surface area contributed by atoms with E-state index in [1.54, 1.807) is 0 Å². The second-order valence-electron chi connectivity index (χ2n) is 13.7. The third kappa shape index (κ3) is 4.33. The molecule has 0 saturated carbocycles. The van der Waals surface area contributed by atoms with Crippen molar-refractivity contribution in [1.82, 2.24) is 9.13 Å². The molecule has 0 aliphatic heterocycles. The van der Waals surface area contributed by atoms with Crippen molar-refractivity contribution in [2.75, 3.05) is 0 Å². The van der Waals surface area contributed by atoms with Gasteiger partial charge in [0.05, 0.1) is 27.8 Å². The Bertz CT molecular complexity index is 3090. The molecule has 10 aromatic rings. The molecular weight excluding hydrogens is 633 g/mol. The van der Waals surface area contributed by atoms with Gasteiger partial charge < -0.3 is 13.6 Å². The topological polar surface area (TPSA) is 23.0 Å². The van der Waals surface area contributed by atoms with Crippen LogP contribution in [0.2, 0.25) is 0 Å². The Morgan fingerprint density at radius 1 is 0.423 bits per heavy atom. The van der Waals surface area contributed by atoms with Gasteiger partial charge in [-0.15, -0.1) is 0 Å². The molecule has 1 aliphatic carbocycles. The van der Waals surface area contributed by atoms with E-state index in [-0.39, 0.29) is 0 Å². The average molecular weight is 665 g/mol. The quantitative estimate of drug-likeness (QED) is 0.184. The van der Waals surface area contributed by atoms with Crippen molar-refractivity contribution in [3.63, 3.8) is 0 Å². The molecule has 0 fully saturated rings. The van der Waals surface area contributed by atoms with Gasteiger partial charge in [0.25, 0.3) is 0 Å². The fraction of sp³-hybridized carbons (Fsp3) is 0.0204. The van der Waals surface area contributed by atoms with Gasteiger partial charge in [0.1, 0.15) is 11.3 Å². The minimum absolute atomic E-state index is 0.903. The summed E-state index contributed by atoms with van der Waals surface area (Å²) in [4.78, 5) is 0. The van der Waals surface area contributed by atoms with Gasteiger partial charge >= 0.3 is 0 Å². The van der Waals surface area contributed by atoms with Crippen LogP contribution >= 0.6 is 0 Å². The van der Waals surface area contributed by atoms with Gasteiger partial charge in [0.2, 0.25) is 0 Å². The van der Waals surface area contributed by atoms with Crippen molar-refractivity contribution in [3.05, 3.63) is 181 Å². The fourth-order valence-corrected chi connectivity index (χ4v) is 8.37. The highest BCUT2D eigenvalue weighted by Crippen LogP contribution is 2.40. The standard InChI is InChI=1S/C49H32N2O/c1-3-13-32(14-4-1)36-15-7-10-19-43(36)51-45-21-12-9-17-38(45)42-30-34(24-28-47(42)51)33-23-27-46-41(29-33)37-16-8-11-20-44(37)50(46)35-25-26-40-39-18-5-2-6-22-48(39)52-49(40)31-35/h1,3-31H,2H2. The van der Waals surface area contributed by atoms with Crippen LogP contribution in [0.5, 0.6) is 0 Å². The van der Waals surface area contributed by atoms with Crippen LogP contribution in [0, 0.1) is 0 Å². The maximum Gasteiger partial charge on any atom is 0.137 e. The molecule has 11 rings (SSSR count). The van der Waals surface area contributed by atoms with E-state index in [0.717, 1.165) is 34.4 Å². The molecule has 3 heterocycles. The van der Waals surface area contributed by atoms with Gasteiger partial charge in [-0.05, 0) is 83.8 Å². The molecule has 244 valence electrons. The second kappa shape index (κ2) is 11.3. The van der Waals surface area contributed by atoms with Gasteiger partial charge in [0.15, 0.2) is 0 Å². The first-order chi connectivity index (χ1) is 25.8. The maximum absolute atomic E-state index is 6.38. The van der Waals surface area contributed by atoms with E-state index < -0.39 is 0 Å². The summed E-state index contributed by atoms with van der Waals surface area (Å²) >= 11 is 0. The third-order valence-electron chi connectivity index (χ3n) is 10.7. The third-order valence-corrected chi connectivity index (χ3v) is 10.7. The molecule has 3 aromatic heterocycles. The van der Waals surface area contributed by atoms with Gasteiger partial charge in [0, 0.05) is 49.8 Å². The van der Waals surface area contributed by atoms with Gasteiger partial charge in [-0.1, -0.05) is 115 Å². The molecule has 0 unspecified atom stereocenters. The molecule has 1 aliphatic rings. The highest BCUT2D eigenvalue weighted by atomic mass is 16.3. The van der Waals surface area contributed by atoms with Crippen LogP contribution < -0.4 is 0 Å². The number of hydrogen-bond donors (Lipinski definition) is 0. The number of aromatic nitrogens is 2. The summed E-state index contributed by atoms with van der Waals surface area (Å²) in [6.45, 7) is 0. The highest BCUT2D eigenvalue weighted by molar-refractivity contribution is 6.13. The van der Waals surface area contributed by atoms with Crippen LogP contribution in [0.4, 0.5) is 0 Å². The van der Waals surface area contributed by atoms with Crippen LogP contribution in [0.3, 0.4) is 0 Å². The molecule has 0 saturated heterocycles. The van der Waals surface area contributed by atoms with E-state index in [2.05, 4.69) is 191 Å². The lowest BCUT2D eigenvalue weighted by Crippen LogP contribution is -1.97. The molecule has 0 bridgehead atoms. The number of allylic oxidation sites excluding steroid dienone is 2. The lowest BCUT2D eigenvalue weighted by Gasteiger charge is -2.14. The first-order valence-corrected chi connectivity index (χ1v) is 17.9. The Balaban J connectivity index is 1.08. The Hall–Kier alpha value is -6.84. The predicted molar refractivity (Wildman–Crippen MR) is 218 cm³/mol. The Kier molecular flexibility index (Phi) is 6.31. The summed E-state index contributed by atoms with van der Waals surface area (Å²) in [6, 6.07) is 57.4. The maximum atomic E-state index is 6.38. The van der Waals surface area contributed by atoms with Crippen molar-refractivity contribution in [1.29, 1.82) is 0 Å². The Morgan fingerprint density at radius 3 is 1.81 bits per heavy atom. The number of rotatable bonds is 4. The molecular formula is C49H32N2O. The van der Waals surface area contributed by atoms with Crippen LogP contribution in [-0.4, -0.2) is 9.13 Å². The molecule has 3 nitrogen and oxygen atoms in total. The summed E-state index contributed by atoms with van der Waals surface area (Å²) in [5.74, 6) is 0.924. The Labute approximate surface area is 300 Å². The van der Waals surface area contributed by atoms with Gasteiger partial charge in [-0.2, -0.15) is 0 Å². The summed E-state index contributed by atoms with van der Waals surface area (Å²) in [5.41, 5.74) is 13.9. The SMILES string of the molecule is C1=Cc2oc3cc(-n4c5ccccc5c5cc(-c6ccc7c(c6)c6ccccc6n7-c6ccccc6-c6ccccc6)ccc54)ccc3c2C=CC1. The van der Waals surface area contributed by atoms with Crippen LogP contribution in [0.15, 0.2) is 174 Å². The number of fused-ring (bicyclic) bond motifs is 9. The first kappa shape index (κ1) is 28.9. The summed E-state index contributed by atoms with van der Waals surface area (Å²) in [5, 5.41) is 6.10. The number of hydrogen-bond acceptors (Lipinski definition) is 1. The van der Waals surface area contributed by atoms with Crippen molar-refractivity contribution in [3.8, 4) is 33.6 Å². The van der Waals surface area contributed by atoms with E-state index in [4.69, 9.17) is 4.42 Å². The summed E-state index contributed by atoms with van der Waals surface area (Å²) in [6.07, 6.45) is 9.54. The van der Waals surface area contributed by atoms with E-state index in [0.29, 0.717) is 0 Å². The van der Waals surface area contributed by atoms with Crippen LogP contribution in [0.1, 0.15) is 17.7 Å². The van der Waals surface area contributed by atoms with Gasteiger partial charge in [-0.3, -0.25) is 0 Å². The lowest BCUT2D eigenvalue weighted by atomic mass is 10.0. The van der Waals surface area contributed by atoms with Crippen molar-refractivity contribution >= 4 is 66.7 Å². The smallest absolute Gasteiger partial charge is 0.137 e. The van der Waals surface area contributed by atoms with E-state index in [1.165, 1.54) is 71.6 Å². The predicted octanol–water partition coefficient (Wildman–Crippen LogP) is 13.4. The molecule has 0 atom stereocenters. The fourth-order valence-electron chi connectivity index (χ4n) is 8.37. The minimum atomic E-state index is 0.903. The number of para-hydroxylation sites is 3. The van der Waals surface area contributed by atoms with Crippen LogP contribution in [-0.2, 0) is 0 Å². The van der Waals surface area contributed by atoms with Crippen LogP contribution in [0.25, 0.3) is 100 Å². The molecule has 0 spiro atoms. The second-order valence-corrected chi connectivity index (χ2v) is 13.7. The molecule has 7 aromatic carbocycles. The zero-order valence-corrected chi connectivity index (χ0v) is 28.3.